The molecule has 0 saturated carbocycles. The van der Waals surface area contributed by atoms with Crippen LogP contribution in [0.5, 0.6) is 5.75 Å². The smallest absolute Gasteiger partial charge is 0.407 e. The molecule has 2 N–H and O–H groups in total. The number of ether oxygens (including phenoxy) is 2. The molecule has 6 nitrogen and oxygen atoms in total. The van der Waals surface area contributed by atoms with Crippen LogP contribution in [0.15, 0.2) is 24.3 Å². The summed E-state index contributed by atoms with van der Waals surface area (Å²) in [6.45, 7) is 7.86. The predicted octanol–water partition coefficient (Wildman–Crippen LogP) is 3.57. The first kappa shape index (κ1) is 20.8. The number of benzene rings is 1. The van der Waals surface area contributed by atoms with E-state index in [9.17, 15) is 9.59 Å². The van der Waals surface area contributed by atoms with E-state index in [1.807, 2.05) is 52.0 Å². The normalized spacial score (nSPS) is 12.2. The van der Waals surface area contributed by atoms with Crippen LogP contribution in [0.2, 0.25) is 0 Å². The van der Waals surface area contributed by atoms with Crippen molar-refractivity contribution in [2.24, 2.45) is 0 Å². The third-order valence-electron chi connectivity index (χ3n) is 3.51. The zero-order valence-electron chi connectivity index (χ0n) is 15.8. The Morgan fingerprint density at radius 3 is 2.32 bits per heavy atom. The Morgan fingerprint density at radius 1 is 1.16 bits per heavy atom. The molecule has 0 radical (unpaired) electrons. The van der Waals surface area contributed by atoms with E-state index < -0.39 is 11.7 Å². The number of carbonyl (C=O) groups excluding carboxylic acids is 2. The Hall–Kier alpha value is -2.24. The van der Waals surface area contributed by atoms with Crippen LogP contribution in [0.25, 0.3) is 0 Å². The van der Waals surface area contributed by atoms with Crippen molar-refractivity contribution in [1.29, 1.82) is 0 Å². The molecule has 1 atom stereocenters. The summed E-state index contributed by atoms with van der Waals surface area (Å²) in [5.74, 6) is 0.756. The van der Waals surface area contributed by atoms with E-state index in [1.165, 1.54) is 0 Å². The Bertz CT molecular complexity index is 550. The molecule has 140 valence electrons. The predicted molar refractivity (Wildman–Crippen MR) is 97.6 cm³/mol. The van der Waals surface area contributed by atoms with Gasteiger partial charge in [0.2, 0.25) is 5.91 Å². The fourth-order valence-corrected chi connectivity index (χ4v) is 2.28. The number of rotatable bonds is 8. The van der Waals surface area contributed by atoms with Gasteiger partial charge in [0, 0.05) is 13.0 Å². The molecule has 0 fully saturated rings. The van der Waals surface area contributed by atoms with Crippen LogP contribution in [0.4, 0.5) is 4.79 Å². The summed E-state index contributed by atoms with van der Waals surface area (Å²) in [4.78, 5) is 23.6. The van der Waals surface area contributed by atoms with Gasteiger partial charge in [-0.05, 0) is 51.3 Å². The van der Waals surface area contributed by atoms with Crippen LogP contribution in [0, 0.1) is 0 Å². The van der Waals surface area contributed by atoms with Crippen molar-refractivity contribution >= 4 is 12.0 Å². The number of amides is 2. The average molecular weight is 350 g/mol. The largest absolute Gasteiger partial charge is 0.497 e. The molecule has 0 bridgehead atoms. The van der Waals surface area contributed by atoms with Gasteiger partial charge in [0.15, 0.2) is 0 Å². The van der Waals surface area contributed by atoms with Gasteiger partial charge >= 0.3 is 6.09 Å². The summed E-state index contributed by atoms with van der Waals surface area (Å²) in [6, 6.07) is 7.65. The van der Waals surface area contributed by atoms with E-state index in [0.717, 1.165) is 17.7 Å². The second-order valence-corrected chi connectivity index (χ2v) is 6.83. The van der Waals surface area contributed by atoms with E-state index >= 15 is 0 Å². The minimum absolute atomic E-state index is 0.0304. The highest BCUT2D eigenvalue weighted by Crippen LogP contribution is 2.20. The molecular weight excluding hydrogens is 320 g/mol. The van der Waals surface area contributed by atoms with Gasteiger partial charge in [-0.15, -0.1) is 0 Å². The fraction of sp³-hybridized carbons (Fsp3) is 0.579. The third-order valence-corrected chi connectivity index (χ3v) is 3.51. The molecule has 2 amide bonds. The molecule has 0 aliphatic carbocycles. The number of alkyl carbamates (subject to hydrolysis) is 1. The SMILES string of the molecule is CC[C@@H](NC(=O)CCCNC(=O)OC(C)(C)C)c1ccc(OC)cc1. The van der Waals surface area contributed by atoms with Gasteiger partial charge in [-0.1, -0.05) is 19.1 Å². The van der Waals surface area contributed by atoms with Crippen LogP contribution < -0.4 is 15.4 Å². The monoisotopic (exact) mass is 350 g/mol. The summed E-state index contributed by atoms with van der Waals surface area (Å²) in [6.07, 6.45) is 1.25. The van der Waals surface area contributed by atoms with Gasteiger partial charge in [-0.2, -0.15) is 0 Å². The van der Waals surface area contributed by atoms with Crippen LogP contribution >= 0.6 is 0 Å². The maximum Gasteiger partial charge on any atom is 0.407 e. The lowest BCUT2D eigenvalue weighted by molar-refractivity contribution is -0.122. The molecule has 0 spiro atoms. The molecule has 1 rings (SSSR count). The number of hydrogen-bond donors (Lipinski definition) is 2. The highest BCUT2D eigenvalue weighted by atomic mass is 16.6. The molecule has 25 heavy (non-hydrogen) atoms. The quantitative estimate of drug-likeness (QED) is 0.703. The van der Waals surface area contributed by atoms with Gasteiger partial charge in [0.1, 0.15) is 11.4 Å². The van der Waals surface area contributed by atoms with Gasteiger partial charge < -0.3 is 20.1 Å². The lowest BCUT2D eigenvalue weighted by Crippen LogP contribution is -2.34. The van der Waals surface area contributed by atoms with E-state index in [0.29, 0.717) is 19.4 Å². The van der Waals surface area contributed by atoms with E-state index in [1.54, 1.807) is 7.11 Å². The molecular formula is C19H30N2O4. The Labute approximate surface area is 150 Å². The fourth-order valence-electron chi connectivity index (χ4n) is 2.28. The highest BCUT2D eigenvalue weighted by molar-refractivity contribution is 5.76. The lowest BCUT2D eigenvalue weighted by atomic mass is 10.0. The van der Waals surface area contributed by atoms with Crippen molar-refractivity contribution < 1.29 is 19.1 Å². The number of methoxy groups -OCH3 is 1. The van der Waals surface area contributed by atoms with Crippen molar-refractivity contribution in [2.75, 3.05) is 13.7 Å². The minimum atomic E-state index is -0.520. The summed E-state index contributed by atoms with van der Waals surface area (Å²) in [5.41, 5.74) is 0.525. The van der Waals surface area contributed by atoms with Gasteiger partial charge in [0.05, 0.1) is 13.2 Å². The Balaban J connectivity index is 2.35. The second-order valence-electron chi connectivity index (χ2n) is 6.83. The molecule has 0 saturated heterocycles. The number of carbonyl (C=O) groups is 2. The molecule has 0 heterocycles. The van der Waals surface area contributed by atoms with E-state index in [2.05, 4.69) is 10.6 Å². The summed E-state index contributed by atoms with van der Waals surface area (Å²) in [5, 5.41) is 5.67. The zero-order valence-corrected chi connectivity index (χ0v) is 15.8. The summed E-state index contributed by atoms with van der Waals surface area (Å²) in [7, 11) is 1.62. The molecule has 1 aromatic carbocycles. The summed E-state index contributed by atoms with van der Waals surface area (Å²) < 4.78 is 10.3. The number of hydrogen-bond acceptors (Lipinski definition) is 4. The van der Waals surface area contributed by atoms with Crippen molar-refractivity contribution in [3.63, 3.8) is 0 Å². The van der Waals surface area contributed by atoms with Crippen molar-refractivity contribution in [2.45, 2.75) is 58.6 Å². The van der Waals surface area contributed by atoms with Crippen LogP contribution in [-0.4, -0.2) is 31.3 Å². The lowest BCUT2D eigenvalue weighted by Gasteiger charge is -2.20. The Morgan fingerprint density at radius 2 is 1.80 bits per heavy atom. The van der Waals surface area contributed by atoms with Gasteiger partial charge in [0.25, 0.3) is 0 Å². The first-order valence-corrected chi connectivity index (χ1v) is 8.65. The van der Waals surface area contributed by atoms with Crippen LogP contribution in [0.3, 0.4) is 0 Å². The molecule has 0 unspecified atom stereocenters. The standard InChI is InChI=1S/C19H30N2O4/c1-6-16(14-9-11-15(24-5)12-10-14)21-17(22)8-7-13-20-18(23)25-19(2,3)4/h9-12,16H,6-8,13H2,1-5H3,(H,20,23)(H,21,22)/t16-/m1/s1. The molecule has 0 aromatic heterocycles. The van der Waals surface area contributed by atoms with E-state index in [-0.39, 0.29) is 11.9 Å². The maximum atomic E-state index is 12.1. The van der Waals surface area contributed by atoms with E-state index in [4.69, 9.17) is 9.47 Å². The van der Waals surface area contributed by atoms with Gasteiger partial charge in [-0.25, -0.2) is 4.79 Å². The van der Waals surface area contributed by atoms with Crippen LogP contribution in [-0.2, 0) is 9.53 Å². The molecule has 0 aliphatic heterocycles. The van der Waals surface area contributed by atoms with Crippen LogP contribution in [0.1, 0.15) is 58.6 Å². The zero-order chi connectivity index (χ0) is 18.9. The first-order valence-electron chi connectivity index (χ1n) is 8.65. The maximum absolute atomic E-state index is 12.1. The molecule has 6 heteroatoms. The summed E-state index contributed by atoms with van der Waals surface area (Å²) >= 11 is 0. The Kier molecular flexibility index (Phi) is 8.25. The average Bonchev–Trinajstić information content (AvgIpc) is 2.55. The van der Waals surface area contributed by atoms with Crippen molar-refractivity contribution in [1.82, 2.24) is 10.6 Å². The number of nitrogens with one attached hydrogen (secondary N) is 2. The topological polar surface area (TPSA) is 76.7 Å². The second kappa shape index (κ2) is 9.91. The highest BCUT2D eigenvalue weighted by Gasteiger charge is 2.16. The third kappa shape index (κ3) is 8.42. The van der Waals surface area contributed by atoms with Gasteiger partial charge in [-0.3, -0.25) is 4.79 Å². The minimum Gasteiger partial charge on any atom is -0.497 e. The van der Waals surface area contributed by atoms with Crippen molar-refractivity contribution in [3.8, 4) is 5.75 Å². The molecule has 0 aliphatic rings. The first-order chi connectivity index (χ1) is 11.7. The van der Waals surface area contributed by atoms with Crippen molar-refractivity contribution in [3.05, 3.63) is 29.8 Å². The molecule has 1 aromatic rings.